The highest BCUT2D eigenvalue weighted by Crippen LogP contribution is 2.31. The zero-order valence-corrected chi connectivity index (χ0v) is 20.5. The van der Waals surface area contributed by atoms with Crippen molar-refractivity contribution < 1.29 is 17.9 Å². The third-order valence-corrected chi connectivity index (χ3v) is 6.66. The van der Waals surface area contributed by atoms with Crippen molar-refractivity contribution in [2.45, 2.75) is 51.5 Å². The molecule has 0 aromatic heterocycles. The third-order valence-electron chi connectivity index (χ3n) is 5.69. The van der Waals surface area contributed by atoms with E-state index in [-0.39, 0.29) is 22.8 Å². The van der Waals surface area contributed by atoms with Gasteiger partial charge in [0, 0.05) is 17.8 Å². The van der Waals surface area contributed by atoms with Gasteiger partial charge in [-0.15, -0.1) is 0 Å². The first-order valence-corrected chi connectivity index (χ1v) is 12.9. The number of carbonyl (C=O) groups excluding carboxylic acids is 1. The molecule has 0 aliphatic carbocycles. The Morgan fingerprint density at radius 3 is 2.36 bits per heavy atom. The molecule has 0 amide bonds. The van der Waals surface area contributed by atoms with Gasteiger partial charge < -0.3 is 10.2 Å². The molecular formula is C25H33N3O4S. The highest BCUT2D eigenvalue weighted by Gasteiger charge is 2.38. The Bertz CT molecular complexity index is 1120. The Kier molecular flexibility index (Phi) is 7.94. The van der Waals surface area contributed by atoms with Crippen LogP contribution in [0.2, 0.25) is 0 Å². The van der Waals surface area contributed by atoms with Crippen molar-refractivity contribution in [1.82, 2.24) is 10.4 Å². The quantitative estimate of drug-likeness (QED) is 0.542. The minimum absolute atomic E-state index is 0.0981. The van der Waals surface area contributed by atoms with Crippen LogP contribution in [-0.4, -0.2) is 38.6 Å². The van der Waals surface area contributed by atoms with E-state index in [4.69, 9.17) is 9.88 Å². The molecule has 3 N–H and O–H groups in total. The van der Waals surface area contributed by atoms with Crippen molar-refractivity contribution >= 4 is 16.0 Å². The number of ether oxygens (including phenoxy) is 1. The number of sulfonamides is 1. The maximum Gasteiger partial charge on any atom is 0.337 e. The second-order valence-corrected chi connectivity index (χ2v) is 10.00. The number of rotatable bonds is 9. The summed E-state index contributed by atoms with van der Waals surface area (Å²) in [5, 5.41) is 7.51. The second-order valence-electron chi connectivity index (χ2n) is 8.47. The fraction of sp³-hybridized carbons (Fsp3) is 0.400. The number of nitrogens with one attached hydrogen (secondary N) is 1. The van der Waals surface area contributed by atoms with Gasteiger partial charge in [-0.3, -0.25) is 0 Å². The molecule has 0 saturated heterocycles. The van der Waals surface area contributed by atoms with E-state index in [2.05, 4.69) is 31.2 Å². The largest absolute Gasteiger partial charge is 0.463 e. The minimum atomic E-state index is -3.83. The van der Waals surface area contributed by atoms with Crippen molar-refractivity contribution in [2.24, 2.45) is 11.1 Å². The molecule has 1 heterocycles. The number of hydrogen-bond donors (Lipinski definition) is 2. The minimum Gasteiger partial charge on any atom is -0.463 e. The van der Waals surface area contributed by atoms with Gasteiger partial charge in [-0.2, -0.15) is 0 Å². The lowest BCUT2D eigenvalue weighted by atomic mass is 9.94. The van der Waals surface area contributed by atoms with Crippen LogP contribution in [0.1, 0.15) is 39.7 Å². The predicted octanol–water partition coefficient (Wildman–Crippen LogP) is 3.62. The SMILES string of the molecule is CCCN1NC(C(C)C)=C(C(=O)OCC)C1Cc1ccc(-c2ccccc2S(N)(=O)=O)cc1. The topological polar surface area (TPSA) is 102 Å². The maximum atomic E-state index is 12.9. The summed E-state index contributed by atoms with van der Waals surface area (Å²) in [5.41, 5.74) is 7.40. The van der Waals surface area contributed by atoms with E-state index in [9.17, 15) is 13.2 Å². The first-order valence-electron chi connectivity index (χ1n) is 11.3. The number of carbonyl (C=O) groups is 1. The van der Waals surface area contributed by atoms with Crippen molar-refractivity contribution in [1.29, 1.82) is 0 Å². The number of nitrogens with two attached hydrogens (primary N) is 1. The van der Waals surface area contributed by atoms with Crippen LogP contribution in [-0.2, 0) is 26.0 Å². The molecule has 0 saturated carbocycles. The average Bonchev–Trinajstić information content (AvgIpc) is 3.12. The summed E-state index contributed by atoms with van der Waals surface area (Å²) in [6.07, 6.45) is 1.56. The van der Waals surface area contributed by atoms with Crippen LogP contribution < -0.4 is 10.6 Å². The molecule has 1 aliphatic heterocycles. The van der Waals surface area contributed by atoms with Crippen LogP contribution in [0.25, 0.3) is 11.1 Å². The van der Waals surface area contributed by atoms with Crippen LogP contribution in [0.4, 0.5) is 0 Å². The van der Waals surface area contributed by atoms with E-state index in [1.54, 1.807) is 18.2 Å². The number of nitrogens with zero attached hydrogens (tertiary/aromatic N) is 1. The lowest BCUT2D eigenvalue weighted by Gasteiger charge is -2.26. The molecule has 0 radical (unpaired) electrons. The molecule has 0 fully saturated rings. The Labute approximate surface area is 196 Å². The monoisotopic (exact) mass is 471 g/mol. The molecule has 1 atom stereocenters. The summed E-state index contributed by atoms with van der Waals surface area (Å²) in [4.78, 5) is 13.0. The molecule has 1 aliphatic rings. The molecular weight excluding hydrogens is 438 g/mol. The first-order chi connectivity index (χ1) is 15.7. The van der Waals surface area contributed by atoms with Gasteiger partial charge in [-0.05, 0) is 42.9 Å². The lowest BCUT2D eigenvalue weighted by molar-refractivity contribution is -0.139. The van der Waals surface area contributed by atoms with Crippen molar-refractivity contribution in [3.63, 3.8) is 0 Å². The lowest BCUT2D eigenvalue weighted by Crippen LogP contribution is -2.42. The molecule has 0 bridgehead atoms. The van der Waals surface area contributed by atoms with E-state index >= 15 is 0 Å². The van der Waals surface area contributed by atoms with Gasteiger partial charge in [-0.25, -0.2) is 23.4 Å². The van der Waals surface area contributed by atoms with E-state index in [0.717, 1.165) is 29.8 Å². The number of allylic oxidation sites excluding steroid dienone is 1. The van der Waals surface area contributed by atoms with Crippen LogP contribution in [0, 0.1) is 5.92 Å². The van der Waals surface area contributed by atoms with Crippen LogP contribution in [0.5, 0.6) is 0 Å². The maximum absolute atomic E-state index is 12.9. The number of benzene rings is 2. The zero-order valence-electron chi connectivity index (χ0n) is 19.7. The molecule has 2 aromatic carbocycles. The summed E-state index contributed by atoms with van der Waals surface area (Å²) in [6.45, 7) is 9.16. The van der Waals surface area contributed by atoms with E-state index < -0.39 is 10.0 Å². The summed E-state index contributed by atoms with van der Waals surface area (Å²) in [6, 6.07) is 14.3. The van der Waals surface area contributed by atoms with Crippen LogP contribution in [0.3, 0.4) is 0 Å². The van der Waals surface area contributed by atoms with Crippen LogP contribution in [0.15, 0.2) is 64.7 Å². The molecule has 7 nitrogen and oxygen atoms in total. The van der Waals surface area contributed by atoms with Gasteiger partial charge in [-0.1, -0.05) is 63.2 Å². The molecule has 1 unspecified atom stereocenters. The fourth-order valence-electron chi connectivity index (χ4n) is 4.18. The molecule has 178 valence electrons. The number of primary sulfonamides is 1. The van der Waals surface area contributed by atoms with Gasteiger partial charge in [0.2, 0.25) is 10.0 Å². The van der Waals surface area contributed by atoms with Crippen LogP contribution >= 0.6 is 0 Å². The smallest absolute Gasteiger partial charge is 0.337 e. The molecule has 2 aromatic rings. The van der Waals surface area contributed by atoms with Gasteiger partial charge in [0.1, 0.15) is 0 Å². The molecule has 0 spiro atoms. The van der Waals surface area contributed by atoms with Gasteiger partial charge in [0.05, 0.1) is 23.1 Å². The highest BCUT2D eigenvalue weighted by atomic mass is 32.2. The average molecular weight is 472 g/mol. The summed E-state index contributed by atoms with van der Waals surface area (Å²) in [5.74, 6) is -0.123. The summed E-state index contributed by atoms with van der Waals surface area (Å²) in [7, 11) is -3.83. The Morgan fingerprint density at radius 1 is 1.12 bits per heavy atom. The van der Waals surface area contributed by atoms with E-state index in [1.807, 2.05) is 31.2 Å². The Morgan fingerprint density at radius 2 is 1.79 bits per heavy atom. The first kappa shape index (κ1) is 25.0. The van der Waals surface area contributed by atoms with E-state index in [1.165, 1.54) is 6.07 Å². The number of hydrazine groups is 1. The van der Waals surface area contributed by atoms with Crippen molar-refractivity contribution in [3.05, 3.63) is 65.4 Å². The Hall–Kier alpha value is -2.68. The predicted molar refractivity (Wildman–Crippen MR) is 129 cm³/mol. The standard InChI is InChI=1S/C25H33N3O4S/c1-5-15-28-21(23(25(29)32-6-2)24(27-28)17(3)4)16-18-11-13-19(14-12-18)20-9-7-8-10-22(20)33(26,30)31/h7-14,17,21,27H,5-6,15-16H2,1-4H3,(H2,26,30,31). The number of hydrogen-bond acceptors (Lipinski definition) is 6. The summed E-state index contributed by atoms with van der Waals surface area (Å²) < 4.78 is 29.3. The van der Waals surface area contributed by atoms with Gasteiger partial charge >= 0.3 is 5.97 Å². The van der Waals surface area contributed by atoms with Crippen molar-refractivity contribution in [2.75, 3.05) is 13.2 Å². The van der Waals surface area contributed by atoms with E-state index in [0.29, 0.717) is 24.2 Å². The second kappa shape index (κ2) is 10.5. The van der Waals surface area contributed by atoms with Gasteiger partial charge in [0.25, 0.3) is 0 Å². The molecule has 3 rings (SSSR count). The van der Waals surface area contributed by atoms with Gasteiger partial charge in [0.15, 0.2) is 0 Å². The molecule has 8 heteroatoms. The fourth-order valence-corrected chi connectivity index (χ4v) is 4.95. The Balaban J connectivity index is 1.93. The number of esters is 1. The third kappa shape index (κ3) is 5.63. The highest BCUT2D eigenvalue weighted by molar-refractivity contribution is 7.89. The van der Waals surface area contributed by atoms with Crippen molar-refractivity contribution in [3.8, 4) is 11.1 Å². The molecule has 33 heavy (non-hydrogen) atoms. The summed E-state index contributed by atoms with van der Waals surface area (Å²) >= 11 is 0. The normalized spacial score (nSPS) is 16.8. The zero-order chi connectivity index (χ0) is 24.2.